The summed E-state index contributed by atoms with van der Waals surface area (Å²) >= 11 is 3.53. The molecule has 0 saturated heterocycles. The summed E-state index contributed by atoms with van der Waals surface area (Å²) < 4.78 is 12.0. The van der Waals surface area contributed by atoms with Gasteiger partial charge >= 0.3 is 0 Å². The Balaban J connectivity index is 2.67. The van der Waals surface area contributed by atoms with E-state index in [0.29, 0.717) is 13.0 Å². The molecular formula is C15H21BrN2O2. The Hall–Kier alpha value is -1.25. The van der Waals surface area contributed by atoms with Gasteiger partial charge < -0.3 is 14.8 Å². The predicted molar refractivity (Wildman–Crippen MR) is 83.0 cm³/mol. The van der Waals surface area contributed by atoms with Crippen molar-refractivity contribution in [2.75, 3.05) is 20.3 Å². The van der Waals surface area contributed by atoms with Crippen LogP contribution in [-0.4, -0.2) is 20.3 Å². The van der Waals surface area contributed by atoms with E-state index in [1.165, 1.54) is 0 Å². The SMILES string of the molecule is CCNCc1cc(Br)c(OCCCCC#N)c(OC)c1. The highest BCUT2D eigenvalue weighted by Crippen LogP contribution is 2.36. The van der Waals surface area contributed by atoms with E-state index in [1.807, 2.05) is 12.1 Å². The van der Waals surface area contributed by atoms with Crippen molar-refractivity contribution in [3.8, 4) is 17.6 Å². The molecule has 110 valence electrons. The number of hydrogen-bond acceptors (Lipinski definition) is 4. The quantitative estimate of drug-likeness (QED) is 0.697. The topological polar surface area (TPSA) is 54.3 Å². The second-order valence-corrected chi connectivity index (χ2v) is 5.21. The van der Waals surface area contributed by atoms with Gasteiger partial charge in [-0.05, 0) is 53.0 Å². The van der Waals surface area contributed by atoms with E-state index in [-0.39, 0.29) is 0 Å². The fourth-order valence-corrected chi connectivity index (χ4v) is 2.37. The molecule has 0 heterocycles. The fraction of sp³-hybridized carbons (Fsp3) is 0.533. The molecule has 1 aromatic rings. The summed E-state index contributed by atoms with van der Waals surface area (Å²) in [4.78, 5) is 0. The van der Waals surface area contributed by atoms with E-state index in [9.17, 15) is 0 Å². The molecule has 0 unspecified atom stereocenters. The highest BCUT2D eigenvalue weighted by Gasteiger charge is 2.11. The number of ether oxygens (including phenoxy) is 2. The van der Waals surface area contributed by atoms with Crippen molar-refractivity contribution in [1.82, 2.24) is 5.32 Å². The van der Waals surface area contributed by atoms with E-state index in [0.717, 1.165) is 47.5 Å². The molecule has 0 aliphatic carbocycles. The number of nitrogens with one attached hydrogen (secondary N) is 1. The molecule has 5 heteroatoms. The Bertz CT molecular complexity index is 458. The van der Waals surface area contributed by atoms with Gasteiger partial charge in [-0.15, -0.1) is 0 Å². The molecule has 0 aromatic heterocycles. The third-order valence-electron chi connectivity index (χ3n) is 2.80. The van der Waals surface area contributed by atoms with E-state index >= 15 is 0 Å². The summed E-state index contributed by atoms with van der Waals surface area (Å²) in [6.07, 6.45) is 2.29. The van der Waals surface area contributed by atoms with Crippen LogP contribution in [0.1, 0.15) is 31.7 Å². The lowest BCUT2D eigenvalue weighted by molar-refractivity contribution is 0.285. The van der Waals surface area contributed by atoms with Gasteiger partial charge in [0, 0.05) is 13.0 Å². The number of hydrogen-bond donors (Lipinski definition) is 1. The first kappa shape index (κ1) is 16.8. The molecule has 1 N–H and O–H groups in total. The first-order valence-electron chi connectivity index (χ1n) is 6.79. The summed E-state index contributed by atoms with van der Waals surface area (Å²) in [6, 6.07) is 6.15. The monoisotopic (exact) mass is 340 g/mol. The molecular weight excluding hydrogens is 320 g/mol. The molecule has 0 amide bonds. The average molecular weight is 341 g/mol. The molecule has 0 radical (unpaired) electrons. The molecule has 1 aromatic carbocycles. The number of unbranched alkanes of at least 4 members (excludes halogenated alkanes) is 2. The Morgan fingerprint density at radius 2 is 2.15 bits per heavy atom. The summed E-state index contributed by atoms with van der Waals surface area (Å²) in [5.41, 5.74) is 1.15. The van der Waals surface area contributed by atoms with Gasteiger partial charge in [-0.25, -0.2) is 0 Å². The number of nitrogens with zero attached hydrogens (tertiary/aromatic N) is 1. The summed E-state index contributed by atoms with van der Waals surface area (Å²) in [5.74, 6) is 1.46. The van der Waals surface area contributed by atoms with E-state index in [4.69, 9.17) is 14.7 Å². The van der Waals surface area contributed by atoms with Gasteiger partial charge in [0.05, 0.1) is 24.3 Å². The van der Waals surface area contributed by atoms with Crippen molar-refractivity contribution < 1.29 is 9.47 Å². The summed E-state index contributed by atoms with van der Waals surface area (Å²) in [6.45, 7) is 4.39. The fourth-order valence-electron chi connectivity index (χ4n) is 1.77. The molecule has 0 fully saturated rings. The van der Waals surface area contributed by atoms with Crippen LogP contribution in [0.2, 0.25) is 0 Å². The number of benzene rings is 1. The minimum Gasteiger partial charge on any atom is -0.493 e. The first-order chi connectivity index (χ1) is 9.72. The smallest absolute Gasteiger partial charge is 0.175 e. The summed E-state index contributed by atoms with van der Waals surface area (Å²) in [5, 5.41) is 11.8. The van der Waals surface area contributed by atoms with E-state index in [1.54, 1.807) is 7.11 Å². The zero-order valence-electron chi connectivity index (χ0n) is 12.0. The van der Waals surface area contributed by atoms with Crippen molar-refractivity contribution in [2.24, 2.45) is 0 Å². The Morgan fingerprint density at radius 1 is 1.35 bits per heavy atom. The molecule has 20 heavy (non-hydrogen) atoms. The minimum absolute atomic E-state index is 0.573. The van der Waals surface area contributed by atoms with Crippen molar-refractivity contribution in [3.05, 3.63) is 22.2 Å². The van der Waals surface area contributed by atoms with Gasteiger partial charge in [-0.1, -0.05) is 6.92 Å². The van der Waals surface area contributed by atoms with Crippen LogP contribution in [-0.2, 0) is 6.54 Å². The molecule has 4 nitrogen and oxygen atoms in total. The van der Waals surface area contributed by atoms with Gasteiger partial charge in [-0.2, -0.15) is 5.26 Å². The van der Waals surface area contributed by atoms with Crippen LogP contribution in [0.25, 0.3) is 0 Å². The maximum absolute atomic E-state index is 8.49. The maximum Gasteiger partial charge on any atom is 0.175 e. The Kier molecular flexibility index (Phi) is 8.08. The lowest BCUT2D eigenvalue weighted by atomic mass is 10.2. The van der Waals surface area contributed by atoms with Crippen LogP contribution in [0.5, 0.6) is 11.5 Å². The highest BCUT2D eigenvalue weighted by atomic mass is 79.9. The van der Waals surface area contributed by atoms with E-state index in [2.05, 4.69) is 34.2 Å². The van der Waals surface area contributed by atoms with Crippen LogP contribution in [0.4, 0.5) is 0 Å². The molecule has 0 saturated carbocycles. The van der Waals surface area contributed by atoms with Gasteiger partial charge in [0.2, 0.25) is 0 Å². The Labute approximate surface area is 129 Å². The number of methoxy groups -OCH3 is 1. The van der Waals surface area contributed by atoms with Crippen molar-refractivity contribution in [2.45, 2.75) is 32.7 Å². The third kappa shape index (κ3) is 5.40. The van der Waals surface area contributed by atoms with E-state index < -0.39 is 0 Å². The predicted octanol–water partition coefficient (Wildman–Crippen LogP) is 3.64. The lowest BCUT2D eigenvalue weighted by Crippen LogP contribution is -2.12. The number of halogens is 1. The molecule has 0 spiro atoms. The summed E-state index contributed by atoms with van der Waals surface area (Å²) in [7, 11) is 1.64. The molecule has 0 bridgehead atoms. The van der Waals surface area contributed by atoms with Crippen LogP contribution in [0.15, 0.2) is 16.6 Å². The zero-order chi connectivity index (χ0) is 14.8. The number of rotatable bonds is 9. The number of nitriles is 1. The van der Waals surface area contributed by atoms with Gasteiger partial charge in [-0.3, -0.25) is 0 Å². The van der Waals surface area contributed by atoms with Gasteiger partial charge in [0.25, 0.3) is 0 Å². The molecule has 0 aliphatic heterocycles. The van der Waals surface area contributed by atoms with Crippen LogP contribution >= 0.6 is 15.9 Å². The van der Waals surface area contributed by atoms with Gasteiger partial charge in [0.15, 0.2) is 11.5 Å². The Morgan fingerprint density at radius 3 is 2.80 bits per heavy atom. The average Bonchev–Trinajstić information content (AvgIpc) is 2.46. The first-order valence-corrected chi connectivity index (χ1v) is 7.59. The normalized spacial score (nSPS) is 10.1. The van der Waals surface area contributed by atoms with Crippen LogP contribution in [0.3, 0.4) is 0 Å². The molecule has 0 aliphatic rings. The molecule has 1 rings (SSSR count). The standard InChI is InChI=1S/C15H21BrN2O2/c1-3-18-11-12-9-13(16)15(14(10-12)19-2)20-8-6-4-5-7-17/h9-10,18H,3-6,8,11H2,1-2H3. The largest absolute Gasteiger partial charge is 0.493 e. The lowest BCUT2D eigenvalue weighted by Gasteiger charge is -2.14. The van der Waals surface area contributed by atoms with Gasteiger partial charge in [0.1, 0.15) is 0 Å². The second-order valence-electron chi connectivity index (χ2n) is 4.35. The van der Waals surface area contributed by atoms with Crippen LogP contribution < -0.4 is 14.8 Å². The highest BCUT2D eigenvalue weighted by molar-refractivity contribution is 9.10. The van der Waals surface area contributed by atoms with Crippen molar-refractivity contribution in [1.29, 1.82) is 5.26 Å². The zero-order valence-corrected chi connectivity index (χ0v) is 13.6. The second kappa shape index (κ2) is 9.62. The third-order valence-corrected chi connectivity index (χ3v) is 3.39. The van der Waals surface area contributed by atoms with Crippen molar-refractivity contribution in [3.63, 3.8) is 0 Å². The molecule has 0 atom stereocenters. The van der Waals surface area contributed by atoms with Crippen LogP contribution in [0, 0.1) is 11.3 Å². The maximum atomic E-state index is 8.49. The van der Waals surface area contributed by atoms with Crippen molar-refractivity contribution >= 4 is 15.9 Å². The minimum atomic E-state index is 0.573.